The van der Waals surface area contributed by atoms with Crippen molar-refractivity contribution in [3.05, 3.63) is 33.7 Å². The van der Waals surface area contributed by atoms with Crippen LogP contribution in [0.1, 0.15) is 29.4 Å². The number of carboxylic acid groups (broad SMARTS) is 1. The molecule has 0 aliphatic carbocycles. The fraction of sp³-hybridized carbons (Fsp3) is 0.417. The zero-order valence-corrected chi connectivity index (χ0v) is 11.0. The summed E-state index contributed by atoms with van der Waals surface area (Å²) in [5, 5.41) is 8.70. The maximum Gasteiger partial charge on any atom is 0.431 e. The van der Waals surface area contributed by atoms with Crippen molar-refractivity contribution in [2.24, 2.45) is 0 Å². The van der Waals surface area contributed by atoms with E-state index >= 15 is 0 Å². The maximum atomic E-state index is 12.4. The van der Waals surface area contributed by atoms with E-state index in [4.69, 9.17) is 5.11 Å². The summed E-state index contributed by atoms with van der Waals surface area (Å²) in [5.41, 5.74) is -3.01. The second-order valence-corrected chi connectivity index (χ2v) is 4.23. The Labute approximate surface area is 117 Å². The standard InChI is InChI=1S/C12H13F3N2O4/c1-2-5-17(6-9(18)19)11(21)7-3-4-8(12(13,14)15)16-10(7)20/h3-4H,2,5-6H2,1H3,(H,16,20)(H,18,19). The molecule has 0 radical (unpaired) electrons. The van der Waals surface area contributed by atoms with Crippen molar-refractivity contribution in [1.29, 1.82) is 0 Å². The van der Waals surface area contributed by atoms with Crippen LogP contribution in [-0.4, -0.2) is 40.0 Å². The van der Waals surface area contributed by atoms with E-state index in [1.165, 1.54) is 0 Å². The molecule has 1 amide bonds. The topological polar surface area (TPSA) is 90.5 Å². The van der Waals surface area contributed by atoms with E-state index in [-0.39, 0.29) is 6.54 Å². The summed E-state index contributed by atoms with van der Waals surface area (Å²) in [7, 11) is 0. The molecular formula is C12H13F3N2O4. The first-order chi connectivity index (χ1) is 9.66. The van der Waals surface area contributed by atoms with E-state index in [1.807, 2.05) is 0 Å². The minimum absolute atomic E-state index is 0.0750. The molecule has 0 aliphatic rings. The van der Waals surface area contributed by atoms with E-state index < -0.39 is 41.4 Å². The monoisotopic (exact) mass is 306 g/mol. The average Bonchev–Trinajstić information content (AvgIpc) is 2.35. The number of nitrogens with one attached hydrogen (secondary N) is 1. The van der Waals surface area contributed by atoms with Gasteiger partial charge in [-0.1, -0.05) is 6.92 Å². The number of nitrogens with zero attached hydrogens (tertiary/aromatic N) is 1. The molecule has 1 rings (SSSR count). The van der Waals surface area contributed by atoms with Gasteiger partial charge in [-0.15, -0.1) is 0 Å². The van der Waals surface area contributed by atoms with E-state index in [0.29, 0.717) is 12.5 Å². The Morgan fingerprint density at radius 1 is 1.33 bits per heavy atom. The maximum absolute atomic E-state index is 12.4. The summed E-state index contributed by atoms with van der Waals surface area (Å²) < 4.78 is 37.2. The number of rotatable bonds is 5. The Morgan fingerprint density at radius 2 is 1.95 bits per heavy atom. The van der Waals surface area contributed by atoms with Crippen LogP contribution in [0.3, 0.4) is 0 Å². The van der Waals surface area contributed by atoms with Gasteiger partial charge in [0.15, 0.2) is 0 Å². The number of alkyl halides is 3. The molecule has 0 aromatic carbocycles. The van der Waals surface area contributed by atoms with Crippen molar-refractivity contribution in [1.82, 2.24) is 9.88 Å². The van der Waals surface area contributed by atoms with Crippen molar-refractivity contribution in [3.63, 3.8) is 0 Å². The lowest BCUT2D eigenvalue weighted by molar-refractivity contribution is -0.141. The lowest BCUT2D eigenvalue weighted by Crippen LogP contribution is -2.39. The zero-order chi connectivity index (χ0) is 16.2. The molecule has 1 heterocycles. The normalized spacial score (nSPS) is 11.2. The molecule has 1 aromatic rings. The Kier molecular flexibility index (Phi) is 5.12. The van der Waals surface area contributed by atoms with E-state index in [2.05, 4.69) is 0 Å². The molecule has 0 bridgehead atoms. The van der Waals surface area contributed by atoms with Gasteiger partial charge in [-0.25, -0.2) is 0 Å². The van der Waals surface area contributed by atoms with Crippen LogP contribution in [0.2, 0.25) is 0 Å². The number of carbonyl (C=O) groups is 2. The molecule has 0 unspecified atom stereocenters. The number of aliphatic carboxylic acids is 1. The third kappa shape index (κ3) is 4.33. The van der Waals surface area contributed by atoms with E-state index in [0.717, 1.165) is 11.0 Å². The lowest BCUT2D eigenvalue weighted by Gasteiger charge is -2.19. The van der Waals surface area contributed by atoms with Gasteiger partial charge in [0, 0.05) is 6.54 Å². The van der Waals surface area contributed by atoms with Crippen LogP contribution in [0, 0.1) is 0 Å². The third-order valence-electron chi connectivity index (χ3n) is 2.55. The van der Waals surface area contributed by atoms with Crippen molar-refractivity contribution in [2.45, 2.75) is 19.5 Å². The van der Waals surface area contributed by atoms with Gasteiger partial charge in [-0.05, 0) is 18.6 Å². The highest BCUT2D eigenvalue weighted by Crippen LogP contribution is 2.26. The summed E-state index contributed by atoms with van der Waals surface area (Å²) in [6.07, 6.45) is -4.29. The number of aromatic nitrogens is 1. The molecule has 0 saturated heterocycles. The summed E-state index contributed by atoms with van der Waals surface area (Å²) in [4.78, 5) is 36.7. The highest BCUT2D eigenvalue weighted by atomic mass is 19.4. The van der Waals surface area contributed by atoms with Gasteiger partial charge in [0.2, 0.25) is 0 Å². The minimum Gasteiger partial charge on any atom is -0.480 e. The second kappa shape index (κ2) is 6.42. The van der Waals surface area contributed by atoms with Gasteiger partial charge in [-0.2, -0.15) is 13.2 Å². The van der Waals surface area contributed by atoms with Gasteiger partial charge >= 0.3 is 12.1 Å². The van der Waals surface area contributed by atoms with Crippen LogP contribution in [0.15, 0.2) is 16.9 Å². The Morgan fingerprint density at radius 3 is 2.38 bits per heavy atom. The predicted octanol–water partition coefficient (Wildman–Crippen LogP) is 1.33. The summed E-state index contributed by atoms with van der Waals surface area (Å²) in [5.74, 6) is -2.20. The van der Waals surface area contributed by atoms with E-state index in [9.17, 15) is 27.6 Å². The average molecular weight is 306 g/mol. The van der Waals surface area contributed by atoms with Gasteiger partial charge in [-0.3, -0.25) is 14.4 Å². The lowest BCUT2D eigenvalue weighted by atomic mass is 10.2. The number of amides is 1. The molecule has 21 heavy (non-hydrogen) atoms. The SMILES string of the molecule is CCCN(CC(=O)O)C(=O)c1ccc(C(F)(F)F)[nH]c1=O. The molecular weight excluding hydrogens is 293 g/mol. The Balaban J connectivity index is 3.11. The quantitative estimate of drug-likeness (QED) is 0.858. The number of hydrogen-bond donors (Lipinski definition) is 2. The first-order valence-electron chi connectivity index (χ1n) is 5.98. The van der Waals surface area contributed by atoms with Gasteiger partial charge in [0.25, 0.3) is 11.5 Å². The Hall–Kier alpha value is -2.32. The van der Waals surface area contributed by atoms with Crippen LogP contribution < -0.4 is 5.56 Å². The van der Waals surface area contributed by atoms with Crippen molar-refractivity contribution >= 4 is 11.9 Å². The number of pyridine rings is 1. The first kappa shape index (κ1) is 16.7. The highest BCUT2D eigenvalue weighted by Gasteiger charge is 2.32. The van der Waals surface area contributed by atoms with Gasteiger partial charge in [0.1, 0.15) is 17.8 Å². The van der Waals surface area contributed by atoms with Crippen LogP contribution in [0.5, 0.6) is 0 Å². The van der Waals surface area contributed by atoms with Crippen LogP contribution in [0.4, 0.5) is 13.2 Å². The second-order valence-electron chi connectivity index (χ2n) is 4.23. The minimum atomic E-state index is -4.73. The van der Waals surface area contributed by atoms with Gasteiger partial charge in [0.05, 0.1) is 0 Å². The number of halogens is 3. The number of hydrogen-bond acceptors (Lipinski definition) is 3. The van der Waals surface area contributed by atoms with E-state index in [1.54, 1.807) is 11.9 Å². The molecule has 0 saturated carbocycles. The smallest absolute Gasteiger partial charge is 0.431 e. The van der Waals surface area contributed by atoms with Crippen molar-refractivity contribution < 1.29 is 27.9 Å². The largest absolute Gasteiger partial charge is 0.480 e. The van der Waals surface area contributed by atoms with Crippen molar-refractivity contribution in [2.75, 3.05) is 13.1 Å². The first-order valence-corrected chi connectivity index (χ1v) is 5.98. The van der Waals surface area contributed by atoms with Gasteiger partial charge < -0.3 is 15.0 Å². The number of aromatic amines is 1. The molecule has 0 aliphatic heterocycles. The fourth-order valence-corrected chi connectivity index (χ4v) is 1.66. The predicted molar refractivity (Wildman–Crippen MR) is 65.9 cm³/mol. The molecule has 0 spiro atoms. The molecule has 6 nitrogen and oxygen atoms in total. The van der Waals surface area contributed by atoms with Crippen LogP contribution >= 0.6 is 0 Å². The third-order valence-corrected chi connectivity index (χ3v) is 2.55. The van der Waals surface area contributed by atoms with Crippen LogP contribution in [-0.2, 0) is 11.0 Å². The summed E-state index contributed by atoms with van der Waals surface area (Å²) in [6, 6.07) is 1.31. The number of carbonyl (C=O) groups excluding carboxylic acids is 1. The summed E-state index contributed by atoms with van der Waals surface area (Å²) >= 11 is 0. The van der Waals surface area contributed by atoms with Crippen molar-refractivity contribution in [3.8, 4) is 0 Å². The molecule has 2 N–H and O–H groups in total. The molecule has 9 heteroatoms. The van der Waals surface area contributed by atoms with Crippen LogP contribution in [0.25, 0.3) is 0 Å². The summed E-state index contributed by atoms with van der Waals surface area (Å²) in [6.45, 7) is 1.14. The highest BCUT2D eigenvalue weighted by molar-refractivity contribution is 5.95. The zero-order valence-electron chi connectivity index (χ0n) is 11.0. The number of carboxylic acids is 1. The molecule has 0 fully saturated rings. The molecule has 1 aromatic heterocycles. The fourth-order valence-electron chi connectivity index (χ4n) is 1.66. The molecule has 116 valence electrons. The molecule has 0 atom stereocenters. The Bertz CT molecular complexity index is 595. The number of H-pyrrole nitrogens is 1.